The van der Waals surface area contributed by atoms with Gasteiger partial charge in [-0.05, 0) is 39.3 Å². The third-order valence-electron chi connectivity index (χ3n) is 6.92. The van der Waals surface area contributed by atoms with Crippen molar-refractivity contribution in [3.63, 3.8) is 0 Å². The quantitative estimate of drug-likeness (QED) is 0.180. The number of halogens is 7. The largest absolute Gasteiger partial charge is 0.481 e. The smallest absolute Gasteiger partial charge is 0.404 e. The van der Waals surface area contributed by atoms with Crippen LogP contribution in [0.4, 0.5) is 22.0 Å². The number of likely N-dealkylation sites (tertiary alicyclic amines) is 1. The molecule has 1 saturated heterocycles. The SMILES string of the molecule is CCC(NS(=O)(=O)c1ccc(-c2sc(C(=O)NNC(=O)CC(C)(C)C(=O)O)nc2CN2CCCC(F)(F)C2)c(Cl)c1Cl)C(F)(F)F. The molecule has 0 spiro atoms. The molecule has 1 unspecified atom stereocenters. The molecule has 1 atom stereocenters. The van der Waals surface area contributed by atoms with Gasteiger partial charge in [-0.1, -0.05) is 36.2 Å². The van der Waals surface area contributed by atoms with Gasteiger partial charge in [0.25, 0.3) is 11.8 Å². The van der Waals surface area contributed by atoms with E-state index in [0.717, 1.165) is 19.1 Å². The molecule has 46 heavy (non-hydrogen) atoms. The van der Waals surface area contributed by atoms with Gasteiger partial charge < -0.3 is 5.11 Å². The first-order chi connectivity index (χ1) is 21.1. The van der Waals surface area contributed by atoms with Gasteiger partial charge in [0.1, 0.15) is 10.9 Å². The number of nitrogens with one attached hydrogen (secondary N) is 3. The molecule has 0 radical (unpaired) electrons. The maximum Gasteiger partial charge on any atom is 0.404 e. The van der Waals surface area contributed by atoms with Gasteiger partial charge >= 0.3 is 12.1 Å². The number of hydrazine groups is 1. The number of hydrogen-bond acceptors (Lipinski definition) is 8. The lowest BCUT2D eigenvalue weighted by Gasteiger charge is -2.32. The van der Waals surface area contributed by atoms with Gasteiger partial charge in [0.05, 0.1) is 32.6 Å². The minimum Gasteiger partial charge on any atom is -0.481 e. The molecule has 1 fully saturated rings. The predicted molar refractivity (Wildman–Crippen MR) is 159 cm³/mol. The molecule has 1 aromatic heterocycles. The number of aliphatic carboxylic acids is 1. The molecule has 11 nitrogen and oxygen atoms in total. The Morgan fingerprint density at radius 3 is 2.37 bits per heavy atom. The van der Waals surface area contributed by atoms with E-state index in [1.807, 2.05) is 0 Å². The number of rotatable bonds is 11. The molecule has 20 heteroatoms. The lowest BCUT2D eigenvalue weighted by Crippen LogP contribution is -2.44. The van der Waals surface area contributed by atoms with Crippen LogP contribution < -0.4 is 15.6 Å². The van der Waals surface area contributed by atoms with E-state index in [9.17, 15) is 49.9 Å². The second-order valence-electron chi connectivity index (χ2n) is 11.2. The highest BCUT2D eigenvalue weighted by atomic mass is 35.5. The average Bonchev–Trinajstić information content (AvgIpc) is 3.33. The number of carboxylic acids is 1. The molecule has 2 heterocycles. The number of thiazole rings is 1. The Balaban J connectivity index is 1.98. The van der Waals surface area contributed by atoms with Crippen LogP contribution in [-0.2, 0) is 26.2 Å². The summed E-state index contributed by atoms with van der Waals surface area (Å²) in [6, 6.07) is -0.353. The van der Waals surface area contributed by atoms with Crippen LogP contribution in [0.2, 0.25) is 10.0 Å². The first-order valence-corrected chi connectivity index (χ1v) is 16.6. The molecule has 3 rings (SSSR count). The first kappa shape index (κ1) is 37.8. The van der Waals surface area contributed by atoms with Gasteiger partial charge in [-0.2, -0.15) is 17.9 Å². The molecular formula is C26H30Cl2F5N5O6S2. The molecule has 4 N–H and O–H groups in total. The van der Waals surface area contributed by atoms with E-state index in [0.29, 0.717) is 11.3 Å². The van der Waals surface area contributed by atoms with Crippen LogP contribution in [0.15, 0.2) is 17.0 Å². The number of hydrogen-bond donors (Lipinski definition) is 4. The number of sulfonamides is 1. The number of carbonyl (C=O) groups is 3. The van der Waals surface area contributed by atoms with Gasteiger partial charge in [0.2, 0.25) is 15.9 Å². The van der Waals surface area contributed by atoms with Crippen LogP contribution in [-0.4, -0.2) is 72.4 Å². The van der Waals surface area contributed by atoms with Gasteiger partial charge in [-0.3, -0.25) is 30.1 Å². The molecule has 0 aliphatic carbocycles. The Labute approximate surface area is 274 Å². The Kier molecular flexibility index (Phi) is 11.7. The van der Waals surface area contributed by atoms with E-state index in [-0.39, 0.29) is 47.1 Å². The van der Waals surface area contributed by atoms with E-state index >= 15 is 0 Å². The third-order valence-corrected chi connectivity index (χ3v) is 10.6. The number of benzene rings is 1. The second-order valence-corrected chi connectivity index (χ2v) is 14.6. The van der Waals surface area contributed by atoms with E-state index in [1.165, 1.54) is 18.7 Å². The van der Waals surface area contributed by atoms with Crippen molar-refractivity contribution in [1.82, 2.24) is 25.5 Å². The van der Waals surface area contributed by atoms with Crippen molar-refractivity contribution in [2.24, 2.45) is 5.41 Å². The summed E-state index contributed by atoms with van der Waals surface area (Å²) in [6.45, 7) is 3.19. The number of carbonyl (C=O) groups excluding carboxylic acids is 2. The van der Waals surface area contributed by atoms with Crippen molar-refractivity contribution in [2.75, 3.05) is 13.1 Å². The maximum absolute atomic E-state index is 14.1. The third kappa shape index (κ3) is 9.25. The van der Waals surface area contributed by atoms with Crippen LogP contribution in [0.5, 0.6) is 0 Å². The van der Waals surface area contributed by atoms with Crippen molar-refractivity contribution >= 4 is 62.3 Å². The zero-order valence-corrected chi connectivity index (χ0v) is 27.7. The minimum absolute atomic E-state index is 0.0102. The zero-order chi connectivity index (χ0) is 34.8. The number of alkyl halides is 5. The first-order valence-electron chi connectivity index (χ1n) is 13.6. The van der Waals surface area contributed by atoms with Crippen LogP contribution in [0, 0.1) is 5.41 Å². The number of piperidine rings is 1. The van der Waals surface area contributed by atoms with E-state index in [1.54, 1.807) is 4.72 Å². The summed E-state index contributed by atoms with van der Waals surface area (Å²) in [7, 11) is -4.83. The average molecular weight is 739 g/mol. The molecule has 1 aromatic carbocycles. The highest BCUT2D eigenvalue weighted by Crippen LogP contribution is 2.42. The number of aromatic nitrogens is 1. The summed E-state index contributed by atoms with van der Waals surface area (Å²) < 4.78 is 95.3. The fourth-order valence-electron chi connectivity index (χ4n) is 4.41. The monoisotopic (exact) mass is 737 g/mol. The molecular weight excluding hydrogens is 708 g/mol. The minimum atomic E-state index is -4.89. The normalized spacial score (nSPS) is 16.6. The lowest BCUT2D eigenvalue weighted by molar-refractivity contribution is -0.151. The summed E-state index contributed by atoms with van der Waals surface area (Å²) >= 11 is 13.4. The summed E-state index contributed by atoms with van der Waals surface area (Å²) in [5.41, 5.74) is 2.82. The summed E-state index contributed by atoms with van der Waals surface area (Å²) in [6.07, 6.45) is -6.13. The van der Waals surface area contributed by atoms with E-state index in [2.05, 4.69) is 15.8 Å². The van der Waals surface area contributed by atoms with Crippen LogP contribution in [0.1, 0.15) is 62.0 Å². The van der Waals surface area contributed by atoms with E-state index < -0.39 is 85.7 Å². The Morgan fingerprint density at radius 2 is 1.80 bits per heavy atom. The Bertz CT molecular complexity index is 1600. The molecule has 1 aliphatic heterocycles. The van der Waals surface area contributed by atoms with E-state index in [4.69, 9.17) is 23.2 Å². The fraction of sp³-hybridized carbons (Fsp3) is 0.538. The highest BCUT2D eigenvalue weighted by Gasteiger charge is 2.42. The van der Waals surface area contributed by atoms with Crippen LogP contribution in [0.3, 0.4) is 0 Å². The number of carboxylic acid groups (broad SMARTS) is 1. The summed E-state index contributed by atoms with van der Waals surface area (Å²) in [5, 5.41) is 7.87. The molecule has 0 saturated carbocycles. The van der Waals surface area contributed by atoms with Crippen molar-refractivity contribution in [3.05, 3.63) is 32.9 Å². The Morgan fingerprint density at radius 1 is 1.15 bits per heavy atom. The second kappa shape index (κ2) is 14.2. The van der Waals surface area contributed by atoms with Gasteiger partial charge in [-0.25, -0.2) is 22.2 Å². The van der Waals surface area contributed by atoms with Gasteiger partial charge in [0, 0.05) is 24.9 Å². The summed E-state index contributed by atoms with van der Waals surface area (Å²) in [5.74, 6) is -6.02. The van der Waals surface area contributed by atoms with Gasteiger partial charge in [0.15, 0.2) is 5.01 Å². The van der Waals surface area contributed by atoms with Crippen molar-refractivity contribution in [3.8, 4) is 10.4 Å². The van der Waals surface area contributed by atoms with Crippen molar-refractivity contribution in [2.45, 2.75) is 76.0 Å². The zero-order valence-electron chi connectivity index (χ0n) is 24.5. The molecule has 0 bridgehead atoms. The van der Waals surface area contributed by atoms with Crippen molar-refractivity contribution < 1.29 is 49.9 Å². The molecule has 2 amide bonds. The Hall–Kier alpha value is -2.64. The fourth-order valence-corrected chi connectivity index (χ4v) is 7.64. The lowest BCUT2D eigenvalue weighted by atomic mass is 9.89. The van der Waals surface area contributed by atoms with Crippen LogP contribution >= 0.6 is 34.5 Å². The maximum atomic E-state index is 14.1. The van der Waals surface area contributed by atoms with Crippen molar-refractivity contribution in [1.29, 1.82) is 0 Å². The van der Waals surface area contributed by atoms with Crippen LogP contribution in [0.25, 0.3) is 10.4 Å². The highest BCUT2D eigenvalue weighted by molar-refractivity contribution is 7.89. The predicted octanol–water partition coefficient (Wildman–Crippen LogP) is 5.23. The topological polar surface area (TPSA) is 158 Å². The van der Waals surface area contributed by atoms with Gasteiger partial charge in [-0.15, -0.1) is 11.3 Å². The number of amides is 2. The standard InChI is InChI=1S/C26H30Cl2F5N5O6S2/c1-4-16(26(31,32)33)37-46(43,44)15-7-6-13(18(27)19(15)28)20-14(11-38-9-5-8-25(29,30)12-38)34-22(45-20)21(40)36-35-17(39)10-24(2,3)23(41)42/h6-7,16,37H,4-5,8-12H2,1-3H3,(H,35,39)(H,36,40)(H,41,42). The number of nitrogens with zero attached hydrogens (tertiary/aromatic N) is 2. The summed E-state index contributed by atoms with van der Waals surface area (Å²) in [4.78, 5) is 41.4. The molecule has 1 aliphatic rings. The molecule has 256 valence electrons. The molecule has 2 aromatic rings.